The molecule has 2 unspecified atom stereocenters. The Morgan fingerprint density at radius 1 is 1.00 bits per heavy atom. The van der Waals surface area contributed by atoms with Crippen LogP contribution in [0.2, 0.25) is 0 Å². The van der Waals surface area contributed by atoms with E-state index in [1.54, 1.807) is 53.9 Å². The van der Waals surface area contributed by atoms with Gasteiger partial charge in [0.15, 0.2) is 0 Å². The normalized spacial score (nSPS) is 13.5. The molecule has 0 aliphatic heterocycles. The van der Waals surface area contributed by atoms with Crippen LogP contribution in [-0.2, 0) is 27.1 Å². The van der Waals surface area contributed by atoms with Gasteiger partial charge in [-0.3, -0.25) is 9.69 Å². The number of amides is 1. The first-order valence-corrected chi connectivity index (χ1v) is 13.9. The van der Waals surface area contributed by atoms with Gasteiger partial charge in [-0.2, -0.15) is 4.67 Å². The minimum Gasteiger partial charge on any atom is -0.480 e. The second-order valence-electron chi connectivity index (χ2n) is 8.78. The first-order valence-electron chi connectivity index (χ1n) is 11.4. The number of carbonyl (C=O) groups excluding carboxylic acids is 1. The maximum Gasteiger partial charge on any atom is 0.404 e. The lowest BCUT2D eigenvalue weighted by Gasteiger charge is -2.37. The molecule has 11 heteroatoms. The molecule has 36 heavy (non-hydrogen) atoms. The van der Waals surface area contributed by atoms with E-state index >= 15 is 0 Å². The van der Waals surface area contributed by atoms with Gasteiger partial charge in [0, 0.05) is 24.0 Å². The third kappa shape index (κ3) is 7.32. The summed E-state index contributed by atoms with van der Waals surface area (Å²) in [6.07, 6.45) is 1.55. The Hall–Kier alpha value is -2.88. The summed E-state index contributed by atoms with van der Waals surface area (Å²) in [5.41, 5.74) is 0.699. The average molecular weight is 532 g/mol. The molecule has 0 fully saturated rings. The van der Waals surface area contributed by atoms with Crippen LogP contribution in [0.4, 0.5) is 5.82 Å². The van der Waals surface area contributed by atoms with Crippen LogP contribution in [0.3, 0.4) is 0 Å². The highest BCUT2D eigenvalue weighted by atomic mass is 32.1. The topological polar surface area (TPSA) is 131 Å². The van der Waals surface area contributed by atoms with Crippen LogP contribution in [0.15, 0.2) is 72.2 Å². The van der Waals surface area contributed by atoms with Crippen molar-refractivity contribution in [2.24, 2.45) is 5.92 Å². The van der Waals surface area contributed by atoms with Crippen LogP contribution in [-0.4, -0.2) is 48.5 Å². The molecule has 0 bridgehead atoms. The third-order valence-electron chi connectivity index (χ3n) is 5.57. The molecule has 3 N–H and O–H groups in total. The van der Waals surface area contributed by atoms with Gasteiger partial charge in [-0.05, 0) is 41.5 Å². The summed E-state index contributed by atoms with van der Waals surface area (Å²) in [5.74, 6) is -1.99. The molecule has 2 heterocycles. The Morgan fingerprint density at radius 3 is 2.22 bits per heavy atom. The summed E-state index contributed by atoms with van der Waals surface area (Å²) in [6, 6.07) is 14.6. The average Bonchev–Trinajstić information content (AvgIpc) is 3.34. The molecule has 2 atom stereocenters. The molecule has 0 radical (unpaired) electrons. The van der Waals surface area contributed by atoms with E-state index in [0.29, 0.717) is 10.4 Å². The lowest BCUT2D eigenvalue weighted by atomic mass is 9.99. The number of hydrogen-bond acceptors (Lipinski definition) is 5. The zero-order valence-corrected chi connectivity index (χ0v) is 21.8. The van der Waals surface area contributed by atoms with Gasteiger partial charge in [-0.1, -0.05) is 56.3 Å². The van der Waals surface area contributed by atoms with Gasteiger partial charge in [0.25, 0.3) is 0 Å². The monoisotopic (exact) mass is 531 g/mol. The number of hydrogen-bond donors (Lipinski definition) is 3. The van der Waals surface area contributed by atoms with Gasteiger partial charge in [-0.15, -0.1) is 11.3 Å². The molecule has 3 aromatic rings. The van der Waals surface area contributed by atoms with Crippen molar-refractivity contribution in [2.45, 2.75) is 45.3 Å². The number of nitrogens with zero attached hydrogens (tertiary/aromatic N) is 3. The van der Waals surface area contributed by atoms with Crippen molar-refractivity contribution in [3.8, 4) is 0 Å². The van der Waals surface area contributed by atoms with Crippen molar-refractivity contribution in [1.29, 1.82) is 0 Å². The fourth-order valence-corrected chi connectivity index (χ4v) is 5.64. The molecule has 0 aliphatic carbocycles. The second-order valence-corrected chi connectivity index (χ2v) is 11.3. The molecule has 2 aromatic heterocycles. The Bertz CT molecular complexity index is 1170. The van der Waals surface area contributed by atoms with Gasteiger partial charge in [0.2, 0.25) is 5.91 Å². The highest BCUT2D eigenvalue weighted by Crippen LogP contribution is 2.45. The molecular formula is C25H30N3O6PS. The van der Waals surface area contributed by atoms with E-state index in [9.17, 15) is 29.0 Å². The summed E-state index contributed by atoms with van der Waals surface area (Å²) in [6.45, 7) is 3.53. The number of anilines is 1. The Morgan fingerprint density at radius 2 is 1.69 bits per heavy atom. The smallest absolute Gasteiger partial charge is 0.404 e. The summed E-state index contributed by atoms with van der Waals surface area (Å²) in [7, 11) is -4.91. The number of thiophene rings is 1. The van der Waals surface area contributed by atoms with Crippen molar-refractivity contribution in [3.63, 3.8) is 0 Å². The van der Waals surface area contributed by atoms with Crippen molar-refractivity contribution >= 4 is 36.8 Å². The SMILES string of the molecule is CC(C)CC(C(=O)N(c1ccccn1)C(Cc1ccccc1)C(=O)O)N(Cc1cccs1)P(=O)(O)O. The van der Waals surface area contributed by atoms with E-state index in [1.165, 1.54) is 23.6 Å². The zero-order chi connectivity index (χ0) is 26.3. The van der Waals surface area contributed by atoms with E-state index in [4.69, 9.17) is 0 Å². The number of carbonyl (C=O) groups is 2. The molecule has 192 valence electrons. The van der Waals surface area contributed by atoms with Crippen molar-refractivity contribution in [1.82, 2.24) is 9.65 Å². The van der Waals surface area contributed by atoms with Crippen LogP contribution >= 0.6 is 19.1 Å². The second kappa shape index (κ2) is 12.4. The van der Waals surface area contributed by atoms with Gasteiger partial charge >= 0.3 is 13.7 Å². The van der Waals surface area contributed by atoms with Crippen molar-refractivity contribution in [3.05, 3.63) is 82.7 Å². The molecule has 9 nitrogen and oxygen atoms in total. The lowest BCUT2D eigenvalue weighted by Crippen LogP contribution is -2.54. The molecule has 0 aliphatic rings. The molecule has 3 rings (SSSR count). The van der Waals surface area contributed by atoms with Crippen LogP contribution in [0.25, 0.3) is 0 Å². The molecule has 0 saturated carbocycles. The molecule has 0 saturated heterocycles. The van der Waals surface area contributed by atoms with E-state index in [2.05, 4.69) is 4.98 Å². The van der Waals surface area contributed by atoms with Crippen LogP contribution in [0, 0.1) is 5.92 Å². The van der Waals surface area contributed by atoms with Crippen molar-refractivity contribution < 1.29 is 29.0 Å². The van der Waals surface area contributed by atoms with E-state index in [0.717, 1.165) is 9.57 Å². The standard InChI is InChI=1S/C25H30N3O6PS/c1-18(2)15-21(27(35(32,33)34)17-20-11-8-14-36-20)24(29)28(23-12-6-7-13-26-23)22(25(30)31)16-19-9-4-3-5-10-19/h3-14,18,21-22H,15-17H2,1-2H3,(H,30,31)(H2,32,33,34). The number of rotatable bonds is 12. The fraction of sp³-hybridized carbons (Fsp3) is 0.320. The maximum atomic E-state index is 14.2. The molecule has 0 spiro atoms. The van der Waals surface area contributed by atoms with Crippen LogP contribution in [0.1, 0.15) is 30.7 Å². The highest BCUT2D eigenvalue weighted by Gasteiger charge is 2.43. The fourth-order valence-electron chi connectivity index (χ4n) is 3.95. The van der Waals surface area contributed by atoms with E-state index < -0.39 is 31.7 Å². The quantitative estimate of drug-likeness (QED) is 0.297. The van der Waals surface area contributed by atoms with Gasteiger partial charge < -0.3 is 14.9 Å². The maximum absolute atomic E-state index is 14.2. The zero-order valence-electron chi connectivity index (χ0n) is 20.0. The summed E-state index contributed by atoms with van der Waals surface area (Å²) >= 11 is 1.32. The summed E-state index contributed by atoms with van der Waals surface area (Å²) in [5, 5.41) is 12.0. The number of benzene rings is 1. The summed E-state index contributed by atoms with van der Waals surface area (Å²) in [4.78, 5) is 53.2. The van der Waals surface area contributed by atoms with Crippen LogP contribution in [0.5, 0.6) is 0 Å². The Kier molecular flexibility index (Phi) is 9.53. The highest BCUT2D eigenvalue weighted by molar-refractivity contribution is 7.49. The van der Waals surface area contributed by atoms with Gasteiger partial charge in [-0.25, -0.2) is 14.3 Å². The number of carboxylic acid groups (broad SMARTS) is 1. The molecule has 1 aromatic carbocycles. The molecular weight excluding hydrogens is 501 g/mol. The number of pyridine rings is 1. The molecule has 1 amide bonds. The Labute approximate surface area is 214 Å². The summed E-state index contributed by atoms with van der Waals surface area (Å²) < 4.78 is 13.5. The Balaban J connectivity index is 2.10. The van der Waals surface area contributed by atoms with E-state index in [-0.39, 0.29) is 31.1 Å². The van der Waals surface area contributed by atoms with Crippen molar-refractivity contribution in [2.75, 3.05) is 4.90 Å². The van der Waals surface area contributed by atoms with E-state index in [1.807, 2.05) is 19.9 Å². The predicted octanol–water partition coefficient (Wildman–Crippen LogP) is 4.18. The third-order valence-corrected chi connectivity index (χ3v) is 7.52. The lowest BCUT2D eigenvalue weighted by molar-refractivity contribution is -0.140. The van der Waals surface area contributed by atoms with Gasteiger partial charge in [0.1, 0.15) is 17.9 Å². The predicted molar refractivity (Wildman–Crippen MR) is 138 cm³/mol. The minimum absolute atomic E-state index is 0.00623. The first kappa shape index (κ1) is 27.7. The minimum atomic E-state index is -4.91. The number of carboxylic acids is 1. The largest absolute Gasteiger partial charge is 0.480 e. The number of aliphatic carboxylic acids is 1. The van der Waals surface area contributed by atoms with Crippen LogP contribution < -0.4 is 4.90 Å². The first-order chi connectivity index (χ1) is 17.1. The van der Waals surface area contributed by atoms with Gasteiger partial charge in [0.05, 0.1) is 0 Å². The number of aromatic nitrogens is 1.